The number of H-pyrrole nitrogens is 1. The summed E-state index contributed by atoms with van der Waals surface area (Å²) < 4.78 is 37.5. The van der Waals surface area contributed by atoms with Crippen molar-refractivity contribution in [3.63, 3.8) is 0 Å². The van der Waals surface area contributed by atoms with Crippen LogP contribution in [-0.2, 0) is 6.42 Å². The van der Waals surface area contributed by atoms with Gasteiger partial charge in [-0.1, -0.05) is 0 Å². The minimum Gasteiger partial charge on any atom is -0.361 e. The van der Waals surface area contributed by atoms with E-state index in [1.54, 1.807) is 6.92 Å². The third-order valence-electron chi connectivity index (χ3n) is 2.91. The molecule has 104 valence electrons. The van der Waals surface area contributed by atoms with Crippen molar-refractivity contribution in [2.75, 3.05) is 6.54 Å². The fourth-order valence-electron chi connectivity index (χ4n) is 2.01. The van der Waals surface area contributed by atoms with Crippen LogP contribution in [0.2, 0.25) is 0 Å². The SMILES string of the molecule is CC(Cc1c[nH]c2ccc(I)cc12)NCC(F)(F)F. The Morgan fingerprint density at radius 3 is 2.79 bits per heavy atom. The van der Waals surface area contributed by atoms with Crippen molar-refractivity contribution < 1.29 is 13.2 Å². The molecular weight excluding hydrogens is 368 g/mol. The number of halogens is 4. The van der Waals surface area contributed by atoms with E-state index in [0.717, 1.165) is 20.0 Å². The van der Waals surface area contributed by atoms with Crippen LogP contribution in [0, 0.1) is 3.57 Å². The maximum absolute atomic E-state index is 12.1. The third-order valence-corrected chi connectivity index (χ3v) is 3.58. The predicted octanol–water partition coefficient (Wildman–Crippen LogP) is 3.86. The molecule has 0 amide bonds. The van der Waals surface area contributed by atoms with Gasteiger partial charge in [-0.2, -0.15) is 13.2 Å². The van der Waals surface area contributed by atoms with E-state index in [1.807, 2.05) is 24.4 Å². The van der Waals surface area contributed by atoms with Crippen molar-refractivity contribution in [3.05, 3.63) is 33.5 Å². The zero-order valence-corrected chi connectivity index (χ0v) is 12.5. The Morgan fingerprint density at radius 2 is 2.11 bits per heavy atom. The fourth-order valence-corrected chi connectivity index (χ4v) is 2.50. The zero-order valence-electron chi connectivity index (χ0n) is 10.3. The lowest BCUT2D eigenvalue weighted by molar-refractivity contribution is -0.126. The summed E-state index contributed by atoms with van der Waals surface area (Å²) in [4.78, 5) is 3.14. The summed E-state index contributed by atoms with van der Waals surface area (Å²) in [6.45, 7) is 0.812. The quantitative estimate of drug-likeness (QED) is 0.773. The van der Waals surface area contributed by atoms with Crippen LogP contribution in [-0.4, -0.2) is 23.7 Å². The summed E-state index contributed by atoms with van der Waals surface area (Å²) in [5.74, 6) is 0. The first-order chi connectivity index (χ1) is 8.85. The average molecular weight is 382 g/mol. The lowest BCUT2D eigenvalue weighted by Crippen LogP contribution is -2.36. The number of fused-ring (bicyclic) bond motifs is 1. The zero-order chi connectivity index (χ0) is 14.0. The Bertz CT molecular complexity index is 563. The van der Waals surface area contributed by atoms with E-state index in [9.17, 15) is 13.2 Å². The second-order valence-corrected chi connectivity index (χ2v) is 5.85. The highest BCUT2D eigenvalue weighted by Crippen LogP contribution is 2.22. The summed E-state index contributed by atoms with van der Waals surface area (Å²) in [6.07, 6.45) is -1.73. The lowest BCUT2D eigenvalue weighted by atomic mass is 10.1. The van der Waals surface area contributed by atoms with Gasteiger partial charge in [0, 0.05) is 26.7 Å². The van der Waals surface area contributed by atoms with E-state index in [2.05, 4.69) is 32.9 Å². The first kappa shape index (κ1) is 14.6. The van der Waals surface area contributed by atoms with E-state index in [0.29, 0.717) is 6.42 Å². The summed E-state index contributed by atoms with van der Waals surface area (Å²) in [5, 5.41) is 3.58. The van der Waals surface area contributed by atoms with Gasteiger partial charge in [0.25, 0.3) is 0 Å². The minimum atomic E-state index is -4.16. The summed E-state index contributed by atoms with van der Waals surface area (Å²) in [6, 6.07) is 5.79. The molecular formula is C13H14F3IN2. The molecule has 0 aliphatic rings. The average Bonchev–Trinajstić information content (AvgIpc) is 2.68. The lowest BCUT2D eigenvalue weighted by Gasteiger charge is -2.15. The van der Waals surface area contributed by atoms with Crippen LogP contribution < -0.4 is 5.32 Å². The third kappa shape index (κ3) is 4.10. The summed E-state index contributed by atoms with van der Waals surface area (Å²) in [7, 11) is 0. The Hall–Kier alpha value is -0.760. The first-order valence-electron chi connectivity index (χ1n) is 5.91. The molecule has 2 N–H and O–H groups in total. The maximum Gasteiger partial charge on any atom is 0.401 e. The van der Waals surface area contributed by atoms with Crippen molar-refractivity contribution in [2.45, 2.75) is 25.6 Å². The number of nitrogens with one attached hydrogen (secondary N) is 2. The van der Waals surface area contributed by atoms with Crippen molar-refractivity contribution in [3.8, 4) is 0 Å². The molecule has 1 atom stereocenters. The molecule has 2 nitrogen and oxygen atoms in total. The molecule has 0 aliphatic heterocycles. The molecule has 0 radical (unpaired) electrons. The maximum atomic E-state index is 12.1. The molecule has 1 unspecified atom stereocenters. The summed E-state index contributed by atoms with van der Waals surface area (Å²) in [5.41, 5.74) is 2.05. The number of alkyl halides is 3. The van der Waals surface area contributed by atoms with E-state index in [1.165, 1.54) is 0 Å². The Balaban J connectivity index is 2.06. The standard InChI is InChI=1S/C13H14F3IN2/c1-8(19-7-13(14,15)16)4-9-6-18-12-3-2-10(17)5-11(9)12/h2-3,5-6,8,18-19H,4,7H2,1H3. The number of aromatic amines is 1. The van der Waals surface area contributed by atoms with Crippen LogP contribution in [0.25, 0.3) is 10.9 Å². The topological polar surface area (TPSA) is 27.8 Å². The largest absolute Gasteiger partial charge is 0.401 e. The molecule has 0 bridgehead atoms. The van der Waals surface area contributed by atoms with Gasteiger partial charge in [-0.25, -0.2) is 0 Å². The molecule has 2 aromatic rings. The van der Waals surface area contributed by atoms with Crippen LogP contribution in [0.4, 0.5) is 13.2 Å². The van der Waals surface area contributed by atoms with Gasteiger partial charge >= 0.3 is 6.18 Å². The van der Waals surface area contributed by atoms with Gasteiger partial charge in [0.05, 0.1) is 6.54 Å². The monoisotopic (exact) mass is 382 g/mol. The van der Waals surface area contributed by atoms with E-state index in [4.69, 9.17) is 0 Å². The molecule has 19 heavy (non-hydrogen) atoms. The van der Waals surface area contributed by atoms with Crippen LogP contribution in [0.15, 0.2) is 24.4 Å². The number of benzene rings is 1. The van der Waals surface area contributed by atoms with E-state index >= 15 is 0 Å². The van der Waals surface area contributed by atoms with Crippen LogP contribution in [0.3, 0.4) is 0 Å². The summed E-state index contributed by atoms with van der Waals surface area (Å²) >= 11 is 2.22. The van der Waals surface area contributed by atoms with E-state index < -0.39 is 12.7 Å². The molecule has 0 fully saturated rings. The van der Waals surface area contributed by atoms with Crippen molar-refractivity contribution >= 4 is 33.5 Å². The molecule has 0 spiro atoms. The molecule has 0 aliphatic carbocycles. The normalized spacial score (nSPS) is 13.9. The minimum absolute atomic E-state index is 0.224. The molecule has 0 saturated carbocycles. The molecule has 1 heterocycles. The number of aromatic nitrogens is 1. The second-order valence-electron chi connectivity index (χ2n) is 4.61. The van der Waals surface area contributed by atoms with Crippen LogP contribution in [0.1, 0.15) is 12.5 Å². The van der Waals surface area contributed by atoms with Gasteiger partial charge in [0.15, 0.2) is 0 Å². The number of rotatable bonds is 4. The van der Waals surface area contributed by atoms with Crippen LogP contribution >= 0.6 is 22.6 Å². The van der Waals surface area contributed by atoms with Gasteiger partial charge in [-0.05, 0) is 59.7 Å². The molecule has 1 aromatic carbocycles. The van der Waals surface area contributed by atoms with Gasteiger partial charge in [0.2, 0.25) is 0 Å². The van der Waals surface area contributed by atoms with Crippen molar-refractivity contribution in [1.29, 1.82) is 0 Å². The molecule has 2 rings (SSSR count). The highest BCUT2D eigenvalue weighted by Gasteiger charge is 2.27. The molecule has 6 heteroatoms. The van der Waals surface area contributed by atoms with Crippen molar-refractivity contribution in [1.82, 2.24) is 10.3 Å². The number of hydrogen-bond donors (Lipinski definition) is 2. The van der Waals surface area contributed by atoms with Gasteiger partial charge in [0.1, 0.15) is 0 Å². The Kier molecular flexibility index (Phi) is 4.39. The second kappa shape index (κ2) is 5.70. The molecule has 1 aromatic heterocycles. The fraction of sp³-hybridized carbons (Fsp3) is 0.385. The highest BCUT2D eigenvalue weighted by molar-refractivity contribution is 14.1. The predicted molar refractivity (Wildman–Crippen MR) is 78.2 cm³/mol. The van der Waals surface area contributed by atoms with Crippen molar-refractivity contribution in [2.24, 2.45) is 0 Å². The number of hydrogen-bond acceptors (Lipinski definition) is 1. The van der Waals surface area contributed by atoms with Gasteiger partial charge < -0.3 is 10.3 Å². The van der Waals surface area contributed by atoms with Crippen LogP contribution in [0.5, 0.6) is 0 Å². The molecule has 0 saturated heterocycles. The van der Waals surface area contributed by atoms with Gasteiger partial charge in [-0.3, -0.25) is 0 Å². The smallest absolute Gasteiger partial charge is 0.361 e. The highest BCUT2D eigenvalue weighted by atomic mass is 127. The van der Waals surface area contributed by atoms with E-state index in [-0.39, 0.29) is 6.04 Å². The Morgan fingerprint density at radius 1 is 1.37 bits per heavy atom. The van der Waals surface area contributed by atoms with Gasteiger partial charge in [-0.15, -0.1) is 0 Å². The Labute approximate surface area is 122 Å². The first-order valence-corrected chi connectivity index (χ1v) is 6.98.